The molecular formula is C23H38O4. The molecule has 0 amide bonds. The van der Waals surface area contributed by atoms with Crippen LogP contribution in [0.3, 0.4) is 0 Å². The van der Waals surface area contributed by atoms with Crippen molar-refractivity contribution in [3.05, 3.63) is 0 Å². The molecule has 27 heavy (non-hydrogen) atoms. The number of aliphatic hydroxyl groups is 2. The molecule has 4 saturated carbocycles. The molecule has 0 spiro atoms. The lowest BCUT2D eigenvalue weighted by molar-refractivity contribution is -0.139. The normalized spacial score (nSPS) is 50.4. The average Bonchev–Trinajstić information content (AvgIpc) is 2.96. The number of hydrogen-bond donors (Lipinski definition) is 3. The molecule has 0 bridgehead atoms. The van der Waals surface area contributed by atoms with Gasteiger partial charge in [0.15, 0.2) is 0 Å². The fourth-order valence-electron chi connectivity index (χ4n) is 8.37. The van der Waals surface area contributed by atoms with Crippen LogP contribution in [0.5, 0.6) is 0 Å². The minimum atomic E-state index is -0.682. The van der Waals surface area contributed by atoms with Crippen molar-refractivity contribution in [1.82, 2.24) is 0 Å². The second kappa shape index (κ2) is 7.33. The molecule has 0 heterocycles. The average molecular weight is 379 g/mol. The van der Waals surface area contributed by atoms with E-state index in [9.17, 15) is 15.0 Å². The fraction of sp³-hybridized carbons (Fsp3) is 0.957. The first kappa shape index (κ1) is 19.7. The summed E-state index contributed by atoms with van der Waals surface area (Å²) in [4.78, 5) is 11.0. The second-order valence-electron chi connectivity index (χ2n) is 10.7. The summed E-state index contributed by atoms with van der Waals surface area (Å²) in [5, 5.41) is 30.3. The van der Waals surface area contributed by atoms with Gasteiger partial charge in [0.2, 0.25) is 0 Å². The van der Waals surface area contributed by atoms with E-state index in [0.29, 0.717) is 41.4 Å². The number of carbonyl (C=O) groups is 1. The van der Waals surface area contributed by atoms with Gasteiger partial charge in [-0.15, -0.1) is 0 Å². The topological polar surface area (TPSA) is 77.8 Å². The van der Waals surface area contributed by atoms with E-state index >= 15 is 0 Å². The van der Waals surface area contributed by atoms with Crippen molar-refractivity contribution in [2.24, 2.45) is 46.8 Å². The minimum absolute atomic E-state index is 0.158. The molecule has 3 N–H and O–H groups in total. The Bertz CT molecular complexity index is 563. The highest BCUT2D eigenvalue weighted by atomic mass is 16.4. The molecule has 0 saturated heterocycles. The predicted octanol–water partition coefficient (Wildman–Crippen LogP) is 4.09. The second-order valence-corrected chi connectivity index (χ2v) is 10.7. The number of hydrogen-bond acceptors (Lipinski definition) is 3. The number of rotatable bonds is 4. The van der Waals surface area contributed by atoms with E-state index in [1.54, 1.807) is 0 Å². The maximum atomic E-state index is 11.1. The zero-order valence-corrected chi connectivity index (χ0v) is 17.0. The lowest BCUT2D eigenvalue weighted by Crippen LogP contribution is -2.54. The molecule has 4 nitrogen and oxygen atoms in total. The van der Waals surface area contributed by atoms with Crippen LogP contribution < -0.4 is 0 Å². The Labute approximate surface area is 163 Å². The molecule has 4 rings (SSSR count). The van der Waals surface area contributed by atoms with E-state index < -0.39 is 5.97 Å². The first-order valence-electron chi connectivity index (χ1n) is 11.4. The van der Waals surface area contributed by atoms with E-state index in [4.69, 9.17) is 5.11 Å². The molecular weight excluding hydrogens is 340 g/mol. The van der Waals surface area contributed by atoms with Crippen LogP contribution >= 0.6 is 0 Å². The highest BCUT2D eigenvalue weighted by Gasteiger charge is 2.59. The number of carboxylic acids is 1. The summed E-state index contributed by atoms with van der Waals surface area (Å²) in [6, 6.07) is 0. The van der Waals surface area contributed by atoms with E-state index in [2.05, 4.69) is 13.8 Å². The van der Waals surface area contributed by atoms with Gasteiger partial charge in [0.05, 0.1) is 12.2 Å². The van der Waals surface area contributed by atoms with Crippen molar-refractivity contribution in [1.29, 1.82) is 0 Å². The van der Waals surface area contributed by atoms with Crippen LogP contribution in [0, 0.1) is 46.8 Å². The van der Waals surface area contributed by atoms with Crippen LogP contribution in [-0.4, -0.2) is 33.5 Å². The predicted molar refractivity (Wildman–Crippen MR) is 104 cm³/mol. The van der Waals surface area contributed by atoms with Gasteiger partial charge in [0.1, 0.15) is 0 Å². The Morgan fingerprint density at radius 1 is 1.07 bits per heavy atom. The van der Waals surface area contributed by atoms with Gasteiger partial charge in [-0.2, -0.15) is 0 Å². The van der Waals surface area contributed by atoms with Crippen molar-refractivity contribution >= 4 is 5.97 Å². The van der Waals surface area contributed by atoms with Crippen LogP contribution in [0.15, 0.2) is 0 Å². The van der Waals surface area contributed by atoms with Crippen LogP contribution in [0.1, 0.15) is 78.1 Å². The van der Waals surface area contributed by atoms with Gasteiger partial charge in [0, 0.05) is 6.42 Å². The minimum Gasteiger partial charge on any atom is -0.481 e. The molecule has 10 atom stereocenters. The Morgan fingerprint density at radius 3 is 2.59 bits per heavy atom. The zero-order valence-electron chi connectivity index (χ0n) is 17.0. The smallest absolute Gasteiger partial charge is 0.303 e. The summed E-state index contributed by atoms with van der Waals surface area (Å²) in [5.41, 5.74) is 0.265. The quantitative estimate of drug-likeness (QED) is 0.688. The molecule has 4 fully saturated rings. The molecule has 0 aromatic carbocycles. The van der Waals surface area contributed by atoms with E-state index in [-0.39, 0.29) is 24.0 Å². The number of carboxylic acid groups (broad SMARTS) is 1. The van der Waals surface area contributed by atoms with Gasteiger partial charge in [0.25, 0.3) is 0 Å². The molecule has 0 aliphatic heterocycles. The molecule has 4 aliphatic carbocycles. The number of aliphatic hydroxyl groups excluding tert-OH is 2. The first-order valence-corrected chi connectivity index (χ1v) is 11.4. The van der Waals surface area contributed by atoms with Crippen molar-refractivity contribution < 1.29 is 20.1 Å². The van der Waals surface area contributed by atoms with E-state index in [0.717, 1.165) is 32.1 Å². The Balaban J connectivity index is 1.51. The van der Waals surface area contributed by atoms with E-state index in [1.807, 2.05) is 0 Å². The number of fused-ring (bicyclic) bond motifs is 5. The SMILES string of the molecule is C[C@H](CCC(=O)O)[C@H]1CC[C@H]2[C@H]3[C@H](CC[C@]12C)[C@H]1CC[C@@H](O)C[C@H]1C[C@H]3O. The Hall–Kier alpha value is -0.610. The van der Waals surface area contributed by atoms with Gasteiger partial charge in [-0.1, -0.05) is 13.8 Å². The third-order valence-corrected chi connectivity index (χ3v) is 9.51. The third-order valence-electron chi connectivity index (χ3n) is 9.51. The first-order chi connectivity index (χ1) is 12.8. The summed E-state index contributed by atoms with van der Waals surface area (Å²) >= 11 is 0. The molecule has 0 aromatic rings. The largest absolute Gasteiger partial charge is 0.481 e. The lowest BCUT2D eigenvalue weighted by atomic mass is 9.48. The maximum Gasteiger partial charge on any atom is 0.303 e. The standard InChI is InChI=1S/C23H38O4/c1-13(3-8-21(26)27)18-6-7-19-22-17(9-10-23(18,19)2)16-5-4-15(24)11-14(16)12-20(22)25/h13-20,22,24-25H,3-12H2,1-2H3,(H,26,27)/t13-,14+,15-,16+,17-,18-,19+,20-,22-,23-/m1/s1. The lowest BCUT2D eigenvalue weighted by Gasteiger charge is -2.58. The van der Waals surface area contributed by atoms with Crippen LogP contribution in [0.4, 0.5) is 0 Å². The summed E-state index contributed by atoms with van der Waals surface area (Å²) in [6.45, 7) is 4.70. The van der Waals surface area contributed by atoms with Crippen LogP contribution in [0.25, 0.3) is 0 Å². The molecule has 4 heteroatoms. The van der Waals surface area contributed by atoms with Gasteiger partial charge < -0.3 is 15.3 Å². The van der Waals surface area contributed by atoms with Crippen molar-refractivity contribution in [2.45, 2.75) is 90.3 Å². The zero-order chi connectivity index (χ0) is 19.3. The van der Waals surface area contributed by atoms with Crippen molar-refractivity contribution in [3.8, 4) is 0 Å². The molecule has 154 valence electrons. The summed E-state index contributed by atoms with van der Waals surface area (Å²) in [7, 11) is 0. The number of aliphatic carboxylic acids is 1. The third kappa shape index (κ3) is 3.35. The highest BCUT2D eigenvalue weighted by Crippen LogP contribution is 2.65. The molecule has 0 unspecified atom stereocenters. The monoisotopic (exact) mass is 378 g/mol. The Morgan fingerprint density at radius 2 is 1.85 bits per heavy atom. The van der Waals surface area contributed by atoms with E-state index in [1.165, 1.54) is 25.7 Å². The van der Waals surface area contributed by atoms with Crippen molar-refractivity contribution in [3.63, 3.8) is 0 Å². The summed E-state index contributed by atoms with van der Waals surface area (Å²) < 4.78 is 0. The molecule has 4 aliphatic rings. The van der Waals surface area contributed by atoms with Gasteiger partial charge in [-0.05, 0) is 105 Å². The van der Waals surface area contributed by atoms with Gasteiger partial charge in [-0.25, -0.2) is 0 Å². The molecule has 0 radical (unpaired) electrons. The van der Waals surface area contributed by atoms with Crippen LogP contribution in [-0.2, 0) is 4.79 Å². The Kier molecular flexibility index (Phi) is 5.35. The summed E-state index contributed by atoms with van der Waals surface area (Å²) in [6.07, 6.45) is 9.40. The maximum absolute atomic E-state index is 11.1. The van der Waals surface area contributed by atoms with Gasteiger partial charge >= 0.3 is 5.97 Å². The van der Waals surface area contributed by atoms with Crippen LogP contribution in [0.2, 0.25) is 0 Å². The molecule has 0 aromatic heterocycles. The fourth-order valence-corrected chi connectivity index (χ4v) is 8.37. The summed E-state index contributed by atoms with van der Waals surface area (Å²) in [5.74, 6) is 3.24. The highest BCUT2D eigenvalue weighted by molar-refractivity contribution is 5.66. The van der Waals surface area contributed by atoms with Gasteiger partial charge in [-0.3, -0.25) is 4.79 Å². The van der Waals surface area contributed by atoms with Crippen molar-refractivity contribution in [2.75, 3.05) is 0 Å².